The second-order valence-corrected chi connectivity index (χ2v) is 7.27. The number of rotatable bonds is 2. The van der Waals surface area contributed by atoms with Crippen molar-refractivity contribution in [3.63, 3.8) is 0 Å². The van der Waals surface area contributed by atoms with E-state index in [0.29, 0.717) is 0 Å². The highest BCUT2D eigenvalue weighted by atomic mass is 79.9. The van der Waals surface area contributed by atoms with Crippen LogP contribution in [0.4, 0.5) is 5.69 Å². The van der Waals surface area contributed by atoms with Gasteiger partial charge in [-0.15, -0.1) is 0 Å². The molecule has 3 rings (SSSR count). The first-order valence-corrected chi connectivity index (χ1v) is 7.70. The summed E-state index contributed by atoms with van der Waals surface area (Å²) in [4.78, 5) is 7.20. The lowest BCUT2D eigenvalue weighted by Gasteiger charge is -2.27. The molecule has 0 aromatic heterocycles. The van der Waals surface area contributed by atoms with E-state index in [4.69, 9.17) is 9.73 Å². The van der Waals surface area contributed by atoms with Crippen LogP contribution in [0.2, 0.25) is 0 Å². The van der Waals surface area contributed by atoms with Crippen molar-refractivity contribution in [2.75, 3.05) is 18.6 Å². The molecule has 0 radical (unpaired) electrons. The van der Waals surface area contributed by atoms with Crippen molar-refractivity contribution in [1.82, 2.24) is 0 Å². The predicted octanol–water partition coefficient (Wildman–Crippen LogP) is 4.05. The van der Waals surface area contributed by atoms with Crippen LogP contribution in [-0.2, 0) is 0 Å². The summed E-state index contributed by atoms with van der Waals surface area (Å²) in [5.74, 6) is 2.01. The Kier molecular flexibility index (Phi) is 3.36. The summed E-state index contributed by atoms with van der Waals surface area (Å²) in [6.45, 7) is 5.24. The number of hydrogen-bond donors (Lipinski definition) is 0. The maximum Gasteiger partial charge on any atom is 0.132 e. The van der Waals surface area contributed by atoms with Crippen molar-refractivity contribution in [2.24, 2.45) is 4.99 Å². The van der Waals surface area contributed by atoms with Gasteiger partial charge in [0.15, 0.2) is 0 Å². The molecule has 1 saturated heterocycles. The van der Waals surface area contributed by atoms with Crippen molar-refractivity contribution in [1.29, 1.82) is 0 Å². The van der Waals surface area contributed by atoms with Crippen LogP contribution in [0.1, 0.15) is 25.3 Å². The summed E-state index contributed by atoms with van der Waals surface area (Å²) in [6.07, 6.45) is 4.35. The Labute approximate surface area is 128 Å². The van der Waals surface area contributed by atoms with E-state index < -0.39 is 0 Å². The van der Waals surface area contributed by atoms with Crippen LogP contribution in [0.15, 0.2) is 34.8 Å². The van der Waals surface area contributed by atoms with E-state index in [9.17, 15) is 0 Å². The second kappa shape index (κ2) is 4.92. The van der Waals surface area contributed by atoms with E-state index in [1.165, 1.54) is 16.8 Å². The largest absolute Gasteiger partial charge is 0.497 e. The number of ether oxygens (including phenoxy) is 1. The first-order valence-electron chi connectivity index (χ1n) is 6.90. The van der Waals surface area contributed by atoms with Crippen LogP contribution in [0.5, 0.6) is 5.75 Å². The number of fused-ring (bicyclic) bond motifs is 1. The van der Waals surface area contributed by atoms with E-state index in [1.54, 1.807) is 7.11 Å². The number of aryl methyl sites for hydroxylation is 1. The zero-order valence-electron chi connectivity index (χ0n) is 12.1. The van der Waals surface area contributed by atoms with Crippen molar-refractivity contribution in [2.45, 2.75) is 31.1 Å². The quantitative estimate of drug-likeness (QED) is 0.602. The Morgan fingerprint density at radius 2 is 2.20 bits per heavy atom. The van der Waals surface area contributed by atoms with Crippen LogP contribution in [0.3, 0.4) is 0 Å². The zero-order valence-corrected chi connectivity index (χ0v) is 13.7. The van der Waals surface area contributed by atoms with Gasteiger partial charge in [-0.2, -0.15) is 0 Å². The van der Waals surface area contributed by atoms with Gasteiger partial charge in [0.25, 0.3) is 0 Å². The minimum Gasteiger partial charge on any atom is -0.497 e. The summed E-state index contributed by atoms with van der Waals surface area (Å²) >= 11 is 3.69. The highest BCUT2D eigenvalue weighted by molar-refractivity contribution is 9.10. The van der Waals surface area contributed by atoms with E-state index in [0.717, 1.165) is 31.0 Å². The summed E-state index contributed by atoms with van der Waals surface area (Å²) in [6, 6.07) is 6.22. The molecule has 2 heterocycles. The molecule has 1 unspecified atom stereocenters. The molecule has 3 nitrogen and oxygen atoms in total. The molecule has 1 aromatic rings. The fraction of sp³-hybridized carbons (Fsp3) is 0.438. The van der Waals surface area contributed by atoms with Crippen LogP contribution < -0.4 is 9.64 Å². The lowest BCUT2D eigenvalue weighted by molar-refractivity contribution is 0.414. The number of anilines is 1. The fourth-order valence-corrected chi connectivity index (χ4v) is 3.15. The van der Waals surface area contributed by atoms with Crippen molar-refractivity contribution in [3.8, 4) is 5.75 Å². The molecule has 0 N–H and O–H groups in total. The molecule has 2 aliphatic heterocycles. The van der Waals surface area contributed by atoms with Crippen LogP contribution in [0.25, 0.3) is 0 Å². The van der Waals surface area contributed by atoms with Gasteiger partial charge < -0.3 is 9.64 Å². The summed E-state index contributed by atoms with van der Waals surface area (Å²) < 4.78 is 5.11. The van der Waals surface area contributed by atoms with E-state index >= 15 is 0 Å². The van der Waals surface area contributed by atoms with Gasteiger partial charge in [-0.1, -0.05) is 22.0 Å². The van der Waals surface area contributed by atoms with E-state index in [-0.39, 0.29) is 4.45 Å². The number of halogens is 1. The Bertz CT molecular complexity index is 604. The first kappa shape index (κ1) is 13.7. The Morgan fingerprint density at radius 1 is 1.40 bits per heavy atom. The molecule has 0 saturated carbocycles. The lowest BCUT2D eigenvalue weighted by Crippen LogP contribution is -2.30. The lowest BCUT2D eigenvalue weighted by atomic mass is 10.1. The summed E-state index contributed by atoms with van der Waals surface area (Å²) in [7, 11) is 1.70. The molecule has 1 aromatic carbocycles. The Hall–Kier alpha value is -1.29. The van der Waals surface area contributed by atoms with Crippen LogP contribution in [0, 0.1) is 6.92 Å². The molecule has 106 valence electrons. The van der Waals surface area contributed by atoms with E-state index in [1.807, 2.05) is 6.07 Å². The molecule has 2 aliphatic rings. The van der Waals surface area contributed by atoms with E-state index in [2.05, 4.69) is 52.9 Å². The maximum absolute atomic E-state index is 5.28. The van der Waals surface area contributed by atoms with Crippen LogP contribution >= 0.6 is 15.9 Å². The molecule has 0 bridgehead atoms. The third kappa shape index (κ3) is 2.37. The summed E-state index contributed by atoms with van der Waals surface area (Å²) in [5.41, 5.74) is 3.81. The highest BCUT2D eigenvalue weighted by Gasteiger charge is 2.32. The van der Waals surface area contributed by atoms with Gasteiger partial charge in [-0.05, 0) is 49.6 Å². The number of dihydropyridines is 1. The Morgan fingerprint density at radius 3 is 2.90 bits per heavy atom. The topological polar surface area (TPSA) is 24.8 Å². The molecule has 1 atom stereocenters. The van der Waals surface area contributed by atoms with Gasteiger partial charge in [-0.25, -0.2) is 4.99 Å². The number of amidine groups is 1. The van der Waals surface area contributed by atoms with Gasteiger partial charge in [0.2, 0.25) is 0 Å². The number of hydrogen-bond acceptors (Lipinski definition) is 3. The van der Waals surface area contributed by atoms with Gasteiger partial charge in [0.1, 0.15) is 16.0 Å². The molecule has 1 fully saturated rings. The van der Waals surface area contributed by atoms with Gasteiger partial charge in [0, 0.05) is 18.7 Å². The fourth-order valence-electron chi connectivity index (χ4n) is 2.82. The number of alkyl halides is 1. The first-order chi connectivity index (χ1) is 9.50. The molecule has 20 heavy (non-hydrogen) atoms. The maximum atomic E-state index is 5.28. The minimum absolute atomic E-state index is 0.172. The predicted molar refractivity (Wildman–Crippen MR) is 87.2 cm³/mol. The second-order valence-electron chi connectivity index (χ2n) is 5.57. The Balaban J connectivity index is 1.99. The summed E-state index contributed by atoms with van der Waals surface area (Å²) in [5, 5.41) is 0. The normalized spacial score (nSPS) is 25.1. The average Bonchev–Trinajstić information content (AvgIpc) is 2.80. The number of benzene rings is 1. The third-order valence-corrected chi connectivity index (χ3v) is 4.40. The van der Waals surface area contributed by atoms with Crippen molar-refractivity contribution < 1.29 is 4.74 Å². The molecule has 0 amide bonds. The highest BCUT2D eigenvalue weighted by Crippen LogP contribution is 2.37. The smallest absolute Gasteiger partial charge is 0.132 e. The molecular weight excluding hydrogens is 316 g/mol. The number of aliphatic imine (C=N–C) groups is 1. The zero-order chi connectivity index (χ0) is 14.3. The molecular formula is C16H19BrN2O. The molecule has 0 aliphatic carbocycles. The van der Waals surface area contributed by atoms with Gasteiger partial charge in [0.05, 0.1) is 7.11 Å². The van der Waals surface area contributed by atoms with Crippen molar-refractivity contribution >= 4 is 27.5 Å². The van der Waals surface area contributed by atoms with Gasteiger partial charge in [-0.3, -0.25) is 0 Å². The van der Waals surface area contributed by atoms with Crippen molar-refractivity contribution in [3.05, 3.63) is 35.4 Å². The molecule has 4 heteroatoms. The number of nitrogens with zero attached hydrogens (tertiary/aromatic N) is 2. The monoisotopic (exact) mass is 334 g/mol. The standard InChI is InChI=1S/C16H19BrN2O/c1-11-10-13(20-3)4-5-14(11)19-9-7-12-6-8-16(2,17)18-15(12)19/h4-6,10H,7-9H2,1-3H3. The SMILES string of the molecule is COc1ccc(N2CCC3=CCC(C)(Br)N=C32)c(C)c1. The van der Waals surface area contributed by atoms with Gasteiger partial charge >= 0.3 is 0 Å². The third-order valence-electron chi connectivity index (χ3n) is 3.90. The van der Waals surface area contributed by atoms with Crippen LogP contribution in [-0.4, -0.2) is 23.9 Å². The molecule has 0 spiro atoms. The minimum atomic E-state index is -0.172. The average molecular weight is 335 g/mol. The number of methoxy groups -OCH3 is 1.